The van der Waals surface area contributed by atoms with Crippen molar-refractivity contribution in [3.63, 3.8) is 0 Å². The van der Waals surface area contributed by atoms with E-state index >= 15 is 0 Å². The number of nitrogens with one attached hydrogen (secondary N) is 1. The van der Waals surface area contributed by atoms with Crippen LogP contribution in [0.4, 0.5) is 0 Å². The molecule has 0 amide bonds. The molecule has 1 aromatic carbocycles. The highest BCUT2D eigenvalue weighted by Gasteiger charge is 2.34. The van der Waals surface area contributed by atoms with Gasteiger partial charge in [0, 0.05) is 44.2 Å². The molecule has 1 aliphatic carbocycles. The standard InChI is InChI=1S/C16H25N3/c17-10-14(13-4-2-1-3-5-13)11-18-15-8-9-19(12-15)16-6-7-16/h1-5,14-16,18H,6-12,17H2. The van der Waals surface area contributed by atoms with Crippen molar-refractivity contribution in [3.8, 4) is 0 Å². The second-order valence-corrected chi connectivity index (χ2v) is 5.96. The predicted octanol–water partition coefficient (Wildman–Crippen LogP) is 1.56. The van der Waals surface area contributed by atoms with Gasteiger partial charge in [-0.15, -0.1) is 0 Å². The summed E-state index contributed by atoms with van der Waals surface area (Å²) in [5.74, 6) is 0.441. The van der Waals surface area contributed by atoms with Gasteiger partial charge in [-0.3, -0.25) is 4.90 Å². The largest absolute Gasteiger partial charge is 0.330 e. The maximum Gasteiger partial charge on any atom is 0.0207 e. The molecule has 2 unspecified atom stereocenters. The average molecular weight is 259 g/mol. The van der Waals surface area contributed by atoms with E-state index in [0.29, 0.717) is 12.0 Å². The van der Waals surface area contributed by atoms with Gasteiger partial charge in [0.1, 0.15) is 0 Å². The van der Waals surface area contributed by atoms with E-state index in [1.54, 1.807) is 0 Å². The maximum absolute atomic E-state index is 5.92. The fraction of sp³-hybridized carbons (Fsp3) is 0.625. The molecule has 3 rings (SSSR count). The SMILES string of the molecule is NCC(CNC1CCN(C2CC2)C1)c1ccccc1. The maximum atomic E-state index is 5.92. The summed E-state index contributed by atoms with van der Waals surface area (Å²) in [5.41, 5.74) is 7.28. The van der Waals surface area contributed by atoms with Crippen molar-refractivity contribution in [2.24, 2.45) is 5.73 Å². The first-order chi connectivity index (χ1) is 9.36. The van der Waals surface area contributed by atoms with E-state index in [1.165, 1.54) is 37.9 Å². The van der Waals surface area contributed by atoms with Crippen LogP contribution in [0.15, 0.2) is 30.3 Å². The topological polar surface area (TPSA) is 41.3 Å². The quantitative estimate of drug-likeness (QED) is 0.814. The highest BCUT2D eigenvalue weighted by atomic mass is 15.2. The van der Waals surface area contributed by atoms with Gasteiger partial charge < -0.3 is 11.1 Å². The average Bonchev–Trinajstić information content (AvgIpc) is 3.20. The number of nitrogens with two attached hydrogens (primary N) is 1. The fourth-order valence-corrected chi connectivity index (χ4v) is 3.10. The number of nitrogens with zero attached hydrogens (tertiary/aromatic N) is 1. The number of hydrogen-bond donors (Lipinski definition) is 2. The Morgan fingerprint density at radius 1 is 1.21 bits per heavy atom. The van der Waals surface area contributed by atoms with Crippen LogP contribution in [0.5, 0.6) is 0 Å². The third-order valence-corrected chi connectivity index (χ3v) is 4.49. The lowest BCUT2D eigenvalue weighted by Crippen LogP contribution is -2.37. The van der Waals surface area contributed by atoms with Crippen LogP contribution in [0.2, 0.25) is 0 Å². The molecule has 2 aliphatic rings. The third-order valence-electron chi connectivity index (χ3n) is 4.49. The summed E-state index contributed by atoms with van der Waals surface area (Å²) in [7, 11) is 0. The van der Waals surface area contributed by atoms with E-state index in [2.05, 4.69) is 40.5 Å². The van der Waals surface area contributed by atoms with Gasteiger partial charge in [0.15, 0.2) is 0 Å². The third kappa shape index (κ3) is 3.35. The molecule has 1 aliphatic heterocycles. The van der Waals surface area contributed by atoms with Gasteiger partial charge in [-0.2, -0.15) is 0 Å². The minimum absolute atomic E-state index is 0.441. The summed E-state index contributed by atoms with van der Waals surface area (Å²) in [6.07, 6.45) is 4.13. The second kappa shape index (κ2) is 6.04. The van der Waals surface area contributed by atoms with Gasteiger partial charge in [-0.05, 0) is 24.8 Å². The molecule has 1 heterocycles. The summed E-state index contributed by atoms with van der Waals surface area (Å²) < 4.78 is 0. The molecular weight excluding hydrogens is 234 g/mol. The minimum Gasteiger partial charge on any atom is -0.330 e. The molecule has 0 radical (unpaired) electrons. The normalized spacial score (nSPS) is 25.6. The summed E-state index contributed by atoms with van der Waals surface area (Å²) in [4.78, 5) is 2.65. The van der Waals surface area contributed by atoms with Gasteiger partial charge in [0.2, 0.25) is 0 Å². The van der Waals surface area contributed by atoms with Crippen LogP contribution in [0, 0.1) is 0 Å². The van der Waals surface area contributed by atoms with Crippen LogP contribution in [0.3, 0.4) is 0 Å². The fourth-order valence-electron chi connectivity index (χ4n) is 3.10. The molecule has 104 valence electrons. The molecule has 0 spiro atoms. The van der Waals surface area contributed by atoms with Crippen molar-refractivity contribution >= 4 is 0 Å². The van der Waals surface area contributed by atoms with Crippen LogP contribution in [0.25, 0.3) is 0 Å². The van der Waals surface area contributed by atoms with Crippen LogP contribution < -0.4 is 11.1 Å². The summed E-state index contributed by atoms with van der Waals surface area (Å²) in [5, 5.41) is 3.72. The number of rotatable bonds is 6. The molecule has 1 aromatic rings. The first kappa shape index (κ1) is 13.1. The minimum atomic E-state index is 0.441. The lowest BCUT2D eigenvalue weighted by Gasteiger charge is -2.20. The Balaban J connectivity index is 1.48. The number of likely N-dealkylation sites (tertiary alicyclic amines) is 1. The molecule has 0 aromatic heterocycles. The zero-order valence-corrected chi connectivity index (χ0v) is 11.6. The number of hydrogen-bond acceptors (Lipinski definition) is 3. The van der Waals surface area contributed by atoms with Crippen molar-refractivity contribution in [1.82, 2.24) is 10.2 Å². The molecule has 0 bridgehead atoms. The first-order valence-electron chi connectivity index (χ1n) is 7.59. The van der Waals surface area contributed by atoms with Crippen molar-refractivity contribution in [2.45, 2.75) is 37.3 Å². The summed E-state index contributed by atoms with van der Waals surface area (Å²) >= 11 is 0. The van der Waals surface area contributed by atoms with Gasteiger partial charge in [-0.1, -0.05) is 30.3 Å². The van der Waals surface area contributed by atoms with E-state index in [-0.39, 0.29) is 0 Å². The van der Waals surface area contributed by atoms with Crippen LogP contribution in [-0.4, -0.2) is 43.2 Å². The van der Waals surface area contributed by atoms with Gasteiger partial charge in [-0.25, -0.2) is 0 Å². The van der Waals surface area contributed by atoms with Gasteiger partial charge in [0.05, 0.1) is 0 Å². The summed E-state index contributed by atoms with van der Waals surface area (Å²) in [6.45, 7) is 4.23. The Kier molecular flexibility index (Phi) is 4.16. The first-order valence-corrected chi connectivity index (χ1v) is 7.59. The molecule has 3 nitrogen and oxygen atoms in total. The predicted molar refractivity (Wildman–Crippen MR) is 79.2 cm³/mol. The number of benzene rings is 1. The van der Waals surface area contributed by atoms with Crippen LogP contribution in [-0.2, 0) is 0 Å². The Labute approximate surface area is 116 Å². The van der Waals surface area contributed by atoms with Crippen LogP contribution >= 0.6 is 0 Å². The van der Waals surface area contributed by atoms with E-state index in [4.69, 9.17) is 5.73 Å². The molecule has 2 atom stereocenters. The molecule has 19 heavy (non-hydrogen) atoms. The Bertz CT molecular complexity index is 388. The lowest BCUT2D eigenvalue weighted by atomic mass is 9.99. The van der Waals surface area contributed by atoms with Crippen LogP contribution in [0.1, 0.15) is 30.7 Å². The summed E-state index contributed by atoms with van der Waals surface area (Å²) in [6, 6.07) is 12.2. The molecule has 1 saturated heterocycles. The van der Waals surface area contributed by atoms with E-state index in [0.717, 1.165) is 19.1 Å². The molecular formula is C16H25N3. The van der Waals surface area contributed by atoms with E-state index in [1.807, 2.05) is 0 Å². The second-order valence-electron chi connectivity index (χ2n) is 5.96. The van der Waals surface area contributed by atoms with Gasteiger partial charge >= 0.3 is 0 Å². The zero-order chi connectivity index (χ0) is 13.1. The van der Waals surface area contributed by atoms with E-state index in [9.17, 15) is 0 Å². The van der Waals surface area contributed by atoms with Crippen molar-refractivity contribution in [1.29, 1.82) is 0 Å². The van der Waals surface area contributed by atoms with Crippen molar-refractivity contribution in [3.05, 3.63) is 35.9 Å². The zero-order valence-electron chi connectivity index (χ0n) is 11.6. The highest BCUT2D eigenvalue weighted by Crippen LogP contribution is 2.29. The van der Waals surface area contributed by atoms with Crippen molar-refractivity contribution < 1.29 is 0 Å². The van der Waals surface area contributed by atoms with Gasteiger partial charge in [0.25, 0.3) is 0 Å². The van der Waals surface area contributed by atoms with E-state index < -0.39 is 0 Å². The molecule has 3 heteroatoms. The Hall–Kier alpha value is -0.900. The monoisotopic (exact) mass is 259 g/mol. The smallest absolute Gasteiger partial charge is 0.0207 e. The molecule has 1 saturated carbocycles. The Morgan fingerprint density at radius 3 is 2.68 bits per heavy atom. The highest BCUT2D eigenvalue weighted by molar-refractivity contribution is 5.20. The molecule has 3 N–H and O–H groups in total. The lowest BCUT2D eigenvalue weighted by molar-refractivity contribution is 0.316. The van der Waals surface area contributed by atoms with Crippen molar-refractivity contribution in [2.75, 3.05) is 26.2 Å². The Morgan fingerprint density at radius 2 is 2.00 bits per heavy atom. The molecule has 2 fully saturated rings.